The first kappa shape index (κ1) is 27.5. The van der Waals surface area contributed by atoms with E-state index < -0.39 is 5.97 Å². The van der Waals surface area contributed by atoms with Crippen molar-refractivity contribution in [1.29, 1.82) is 0 Å². The molecule has 0 spiro atoms. The van der Waals surface area contributed by atoms with Crippen LogP contribution < -0.4 is 5.32 Å². The van der Waals surface area contributed by atoms with Crippen molar-refractivity contribution in [2.75, 3.05) is 13.2 Å². The second kappa shape index (κ2) is 11.9. The molecule has 37 heavy (non-hydrogen) atoms. The molecule has 7 nitrogen and oxygen atoms in total. The van der Waals surface area contributed by atoms with Gasteiger partial charge in [-0.3, -0.25) is 4.68 Å². The van der Waals surface area contributed by atoms with Crippen LogP contribution in [0.3, 0.4) is 0 Å². The number of amides is 1. The lowest BCUT2D eigenvalue weighted by Gasteiger charge is -2.15. The van der Waals surface area contributed by atoms with E-state index >= 15 is 0 Å². The average molecular weight is 607 g/mol. The molecule has 1 aromatic heterocycles. The van der Waals surface area contributed by atoms with Gasteiger partial charge in [-0.25, -0.2) is 9.59 Å². The highest BCUT2D eigenvalue weighted by molar-refractivity contribution is 9.10. The van der Waals surface area contributed by atoms with E-state index in [0.29, 0.717) is 46.4 Å². The molecule has 194 valence electrons. The third-order valence-corrected chi connectivity index (χ3v) is 7.63. The number of rotatable bonds is 8. The number of carbonyl (C=O) groups excluding carboxylic acids is 2. The first-order valence-corrected chi connectivity index (χ1v) is 13.6. The van der Waals surface area contributed by atoms with Gasteiger partial charge in [0, 0.05) is 24.0 Å². The number of aromatic nitrogens is 2. The van der Waals surface area contributed by atoms with Gasteiger partial charge in [0.2, 0.25) is 0 Å². The van der Waals surface area contributed by atoms with E-state index in [-0.39, 0.29) is 25.1 Å². The molecule has 2 aromatic carbocycles. The quantitative estimate of drug-likeness (QED) is 0.257. The summed E-state index contributed by atoms with van der Waals surface area (Å²) in [5.74, 6) is -0.659. The van der Waals surface area contributed by atoms with E-state index in [1.165, 1.54) is 0 Å². The fourth-order valence-corrected chi connectivity index (χ4v) is 4.93. The molecule has 0 bridgehead atoms. The van der Waals surface area contributed by atoms with Gasteiger partial charge in [-0.15, -0.1) is 0 Å². The number of fused-ring (bicyclic) bond motifs is 1. The van der Waals surface area contributed by atoms with Crippen LogP contribution in [0.15, 0.2) is 46.9 Å². The number of carbonyl (C=O) groups is 2. The van der Waals surface area contributed by atoms with Crippen LogP contribution >= 0.6 is 39.1 Å². The Morgan fingerprint density at radius 2 is 1.92 bits per heavy atom. The first-order valence-electron chi connectivity index (χ1n) is 12.0. The topological polar surface area (TPSA) is 76.2 Å². The molecule has 4 rings (SSSR count). The minimum atomic E-state index is -0.446. The molecule has 0 radical (unpaired) electrons. The molecule has 1 unspecified atom stereocenters. The SMILES string of the molecule is CCOC(=O)c1c2c(nn1CCNC(C)c1ccc(Br)cc1)CC(C)=[N+](C(=O)c1ccc(Cl)c(Cl)c1)C2. The summed E-state index contributed by atoms with van der Waals surface area (Å²) >= 11 is 15.6. The maximum atomic E-state index is 13.3. The van der Waals surface area contributed by atoms with Crippen molar-refractivity contribution in [2.45, 2.75) is 46.3 Å². The van der Waals surface area contributed by atoms with Crippen molar-refractivity contribution in [3.63, 3.8) is 0 Å². The molecule has 1 amide bonds. The van der Waals surface area contributed by atoms with E-state index in [2.05, 4.69) is 40.3 Å². The number of esters is 1. The summed E-state index contributed by atoms with van der Waals surface area (Å²) in [4.78, 5) is 26.4. The normalized spacial score (nSPS) is 13.9. The van der Waals surface area contributed by atoms with Gasteiger partial charge in [-0.2, -0.15) is 9.67 Å². The van der Waals surface area contributed by atoms with E-state index in [1.54, 1.807) is 34.4 Å². The summed E-state index contributed by atoms with van der Waals surface area (Å²) in [5.41, 5.74) is 4.29. The number of hydrogen-bond donors (Lipinski definition) is 1. The van der Waals surface area contributed by atoms with Gasteiger partial charge >= 0.3 is 11.9 Å². The molecule has 0 fully saturated rings. The molecule has 1 aliphatic heterocycles. The minimum absolute atomic E-state index is 0.124. The Bertz CT molecular complexity index is 1370. The largest absolute Gasteiger partial charge is 0.461 e. The summed E-state index contributed by atoms with van der Waals surface area (Å²) in [5, 5.41) is 8.94. The molecule has 2 heterocycles. The van der Waals surface area contributed by atoms with E-state index in [9.17, 15) is 9.59 Å². The Labute approximate surface area is 234 Å². The van der Waals surface area contributed by atoms with Crippen LogP contribution in [0, 0.1) is 0 Å². The van der Waals surface area contributed by atoms with Crippen molar-refractivity contribution >= 4 is 56.7 Å². The lowest BCUT2D eigenvalue weighted by molar-refractivity contribution is -0.449. The molecular formula is C27H28BrCl2N4O3+. The highest BCUT2D eigenvalue weighted by Crippen LogP contribution is 2.26. The summed E-state index contributed by atoms with van der Waals surface area (Å²) in [7, 11) is 0. The lowest BCUT2D eigenvalue weighted by atomic mass is 10.0. The highest BCUT2D eigenvalue weighted by atomic mass is 79.9. The molecule has 1 aliphatic rings. The Hall–Kier alpha value is -2.52. The summed E-state index contributed by atoms with van der Waals surface area (Å²) < 4.78 is 9.76. The molecule has 3 aromatic rings. The predicted octanol–water partition coefficient (Wildman–Crippen LogP) is 5.85. The van der Waals surface area contributed by atoms with Gasteiger partial charge in [0.25, 0.3) is 0 Å². The molecule has 0 aliphatic carbocycles. The molecular weight excluding hydrogens is 579 g/mol. The second-order valence-electron chi connectivity index (χ2n) is 8.88. The van der Waals surface area contributed by atoms with Crippen molar-refractivity contribution in [2.24, 2.45) is 0 Å². The Morgan fingerprint density at radius 1 is 1.19 bits per heavy atom. The van der Waals surface area contributed by atoms with Gasteiger partial charge in [-0.1, -0.05) is 51.3 Å². The Morgan fingerprint density at radius 3 is 2.59 bits per heavy atom. The monoisotopic (exact) mass is 605 g/mol. The minimum Gasteiger partial charge on any atom is -0.461 e. The van der Waals surface area contributed by atoms with Crippen LogP contribution in [0.5, 0.6) is 0 Å². The standard InChI is InChI=1S/C27H28BrCl2N4O3/c1-4-37-27(36)25-21-15-33(26(35)19-7-10-22(29)23(30)14-19)16(2)13-24(21)32-34(25)12-11-31-17(3)18-5-8-20(28)9-6-18/h5-10,14,17,31H,4,11-13,15H2,1-3H3/q+1. The highest BCUT2D eigenvalue weighted by Gasteiger charge is 2.36. The molecule has 0 saturated carbocycles. The van der Waals surface area contributed by atoms with Crippen LogP contribution in [0.25, 0.3) is 0 Å². The third kappa shape index (κ3) is 6.14. The van der Waals surface area contributed by atoms with Gasteiger partial charge in [0.05, 0.1) is 46.4 Å². The average Bonchev–Trinajstić information content (AvgIpc) is 3.22. The Balaban J connectivity index is 1.56. The summed E-state index contributed by atoms with van der Waals surface area (Å²) in [6.45, 7) is 7.29. The smallest absolute Gasteiger partial charge is 0.419 e. The Kier molecular flexibility index (Phi) is 8.85. The molecule has 1 N–H and O–H groups in total. The zero-order valence-corrected chi connectivity index (χ0v) is 24.0. The van der Waals surface area contributed by atoms with Gasteiger partial charge in [0.15, 0.2) is 18.0 Å². The fraction of sp³-hybridized carbons (Fsp3) is 0.333. The van der Waals surface area contributed by atoms with Crippen LogP contribution in [0.4, 0.5) is 0 Å². The number of nitrogens with zero attached hydrogens (tertiary/aromatic N) is 3. The maximum Gasteiger partial charge on any atom is 0.419 e. The lowest BCUT2D eigenvalue weighted by Crippen LogP contribution is -2.32. The number of benzene rings is 2. The second-order valence-corrected chi connectivity index (χ2v) is 10.6. The molecule has 0 saturated heterocycles. The van der Waals surface area contributed by atoms with Crippen molar-refractivity contribution in [1.82, 2.24) is 15.1 Å². The summed E-state index contributed by atoms with van der Waals surface area (Å²) in [6, 6.07) is 13.1. The van der Waals surface area contributed by atoms with Crippen molar-refractivity contribution in [3.05, 3.63) is 85.1 Å². The number of hydrogen-bond acceptors (Lipinski definition) is 5. The van der Waals surface area contributed by atoms with Gasteiger partial charge in [0.1, 0.15) is 0 Å². The van der Waals surface area contributed by atoms with E-state index in [4.69, 9.17) is 33.0 Å². The summed E-state index contributed by atoms with van der Waals surface area (Å²) in [6.07, 6.45) is 0.449. The number of halogens is 3. The number of nitrogens with one attached hydrogen (secondary N) is 1. The molecule has 1 atom stereocenters. The van der Waals surface area contributed by atoms with Crippen molar-refractivity contribution in [3.8, 4) is 0 Å². The number of ether oxygens (including phenoxy) is 1. The van der Waals surface area contributed by atoms with Gasteiger partial charge in [-0.05, 0) is 49.7 Å². The zero-order chi connectivity index (χ0) is 26.7. The van der Waals surface area contributed by atoms with Crippen molar-refractivity contribution < 1.29 is 18.9 Å². The van der Waals surface area contributed by atoms with Crippen LogP contribution in [-0.4, -0.2) is 45.1 Å². The van der Waals surface area contributed by atoms with Crippen LogP contribution in [-0.2, 0) is 24.2 Å². The zero-order valence-electron chi connectivity index (χ0n) is 20.9. The fourth-order valence-electron chi connectivity index (χ4n) is 4.36. The maximum absolute atomic E-state index is 13.3. The third-order valence-electron chi connectivity index (χ3n) is 6.36. The molecule has 10 heteroatoms. The van der Waals surface area contributed by atoms with Crippen LogP contribution in [0.1, 0.15) is 64.5 Å². The van der Waals surface area contributed by atoms with Gasteiger partial charge < -0.3 is 10.1 Å². The van der Waals surface area contributed by atoms with Crippen LogP contribution in [0.2, 0.25) is 10.0 Å². The predicted molar refractivity (Wildman–Crippen MR) is 148 cm³/mol. The van der Waals surface area contributed by atoms with E-state index in [0.717, 1.165) is 21.4 Å². The first-order chi connectivity index (χ1) is 17.7. The van der Waals surface area contributed by atoms with E-state index in [1.807, 2.05) is 19.1 Å².